The van der Waals surface area contributed by atoms with Crippen molar-refractivity contribution >= 4 is 5.78 Å². The molecule has 0 N–H and O–H groups in total. The molecule has 1 aliphatic rings. The first-order chi connectivity index (χ1) is 9.95. The third kappa shape index (κ3) is 2.71. The molecule has 108 valence electrons. The monoisotopic (exact) mass is 280 g/mol. The zero-order valence-electron chi connectivity index (χ0n) is 12.7. The molecule has 1 unspecified atom stereocenters. The Morgan fingerprint density at radius 1 is 1.05 bits per heavy atom. The molecule has 2 aromatic rings. The maximum absolute atomic E-state index is 12.5. The highest BCUT2D eigenvalue weighted by atomic mass is 16.5. The van der Waals surface area contributed by atoms with E-state index in [1.54, 1.807) is 0 Å². The van der Waals surface area contributed by atoms with Gasteiger partial charge in [0.15, 0.2) is 5.78 Å². The molecule has 0 saturated heterocycles. The van der Waals surface area contributed by atoms with Crippen LogP contribution in [0.5, 0.6) is 5.75 Å². The van der Waals surface area contributed by atoms with E-state index in [4.69, 9.17) is 4.74 Å². The van der Waals surface area contributed by atoms with Crippen LogP contribution in [0.3, 0.4) is 0 Å². The van der Waals surface area contributed by atoms with E-state index in [1.165, 1.54) is 0 Å². The van der Waals surface area contributed by atoms with Gasteiger partial charge < -0.3 is 4.74 Å². The standard InChI is InChI=1S/C19H20O2/c1-19(2,3)14-9-10-17-15(11-14)16(20)12-18(21-17)13-7-5-4-6-8-13/h4-11,18H,12H2,1-3H3. The lowest BCUT2D eigenvalue weighted by Crippen LogP contribution is -2.21. The molecule has 0 fully saturated rings. The van der Waals surface area contributed by atoms with Gasteiger partial charge in [-0.15, -0.1) is 0 Å². The fraction of sp³-hybridized carbons (Fsp3) is 0.316. The van der Waals surface area contributed by atoms with E-state index >= 15 is 0 Å². The van der Waals surface area contributed by atoms with Gasteiger partial charge in [-0.25, -0.2) is 0 Å². The summed E-state index contributed by atoms with van der Waals surface area (Å²) in [5.41, 5.74) is 2.97. The Bertz CT molecular complexity index is 666. The van der Waals surface area contributed by atoms with Crippen molar-refractivity contribution in [3.63, 3.8) is 0 Å². The van der Waals surface area contributed by atoms with E-state index < -0.39 is 0 Å². The summed E-state index contributed by atoms with van der Waals surface area (Å²) in [4.78, 5) is 12.5. The lowest BCUT2D eigenvalue weighted by molar-refractivity contribution is 0.0850. The largest absolute Gasteiger partial charge is 0.484 e. The minimum Gasteiger partial charge on any atom is -0.484 e. The number of ketones is 1. The Balaban J connectivity index is 1.95. The third-order valence-corrected chi connectivity index (χ3v) is 3.96. The molecular weight excluding hydrogens is 260 g/mol. The van der Waals surface area contributed by atoms with Crippen molar-refractivity contribution in [1.29, 1.82) is 0 Å². The molecule has 0 aromatic heterocycles. The summed E-state index contributed by atoms with van der Waals surface area (Å²) in [6.45, 7) is 6.45. The normalized spacial score (nSPS) is 18.0. The quantitative estimate of drug-likeness (QED) is 0.757. The van der Waals surface area contributed by atoms with Crippen LogP contribution in [0.25, 0.3) is 0 Å². The SMILES string of the molecule is CC(C)(C)c1ccc2c(c1)C(=O)CC(c1ccccc1)O2. The van der Waals surface area contributed by atoms with Gasteiger partial charge in [-0.3, -0.25) is 4.79 Å². The Labute approximate surface area is 125 Å². The maximum Gasteiger partial charge on any atom is 0.170 e. The van der Waals surface area contributed by atoms with Crippen molar-refractivity contribution < 1.29 is 9.53 Å². The van der Waals surface area contributed by atoms with Crippen LogP contribution in [-0.4, -0.2) is 5.78 Å². The molecule has 0 amide bonds. The van der Waals surface area contributed by atoms with Crippen LogP contribution in [0.15, 0.2) is 48.5 Å². The molecule has 0 saturated carbocycles. The zero-order valence-corrected chi connectivity index (χ0v) is 12.7. The van der Waals surface area contributed by atoms with E-state index in [0.29, 0.717) is 12.2 Å². The van der Waals surface area contributed by atoms with Crippen LogP contribution in [0.2, 0.25) is 0 Å². The second-order valence-corrected chi connectivity index (χ2v) is 6.61. The van der Waals surface area contributed by atoms with Gasteiger partial charge in [-0.2, -0.15) is 0 Å². The van der Waals surface area contributed by atoms with Gasteiger partial charge in [-0.1, -0.05) is 57.2 Å². The average molecular weight is 280 g/mol. The number of ether oxygens (including phenoxy) is 1. The smallest absolute Gasteiger partial charge is 0.170 e. The second kappa shape index (κ2) is 5.03. The van der Waals surface area contributed by atoms with Crippen molar-refractivity contribution in [3.8, 4) is 5.75 Å². The average Bonchev–Trinajstić information content (AvgIpc) is 2.47. The van der Waals surface area contributed by atoms with Crippen LogP contribution < -0.4 is 4.74 Å². The summed E-state index contributed by atoms with van der Waals surface area (Å²) in [5.74, 6) is 0.865. The molecule has 3 rings (SSSR count). The highest BCUT2D eigenvalue weighted by Crippen LogP contribution is 2.37. The van der Waals surface area contributed by atoms with Gasteiger partial charge in [0.2, 0.25) is 0 Å². The summed E-state index contributed by atoms with van der Waals surface area (Å²) in [6.07, 6.45) is 0.233. The van der Waals surface area contributed by atoms with Gasteiger partial charge in [0.05, 0.1) is 12.0 Å². The molecular formula is C19H20O2. The molecule has 0 bridgehead atoms. The number of carbonyl (C=O) groups excluding carboxylic acids is 1. The van der Waals surface area contributed by atoms with Crippen molar-refractivity contribution in [2.75, 3.05) is 0 Å². The van der Waals surface area contributed by atoms with E-state index in [9.17, 15) is 4.79 Å². The lowest BCUT2D eigenvalue weighted by atomic mass is 9.84. The van der Waals surface area contributed by atoms with E-state index in [0.717, 1.165) is 16.7 Å². The zero-order chi connectivity index (χ0) is 15.0. The van der Waals surface area contributed by atoms with Crippen LogP contribution in [0.4, 0.5) is 0 Å². The van der Waals surface area contributed by atoms with Gasteiger partial charge in [0.25, 0.3) is 0 Å². The first kappa shape index (κ1) is 13.9. The molecule has 0 spiro atoms. The molecule has 0 radical (unpaired) electrons. The number of benzene rings is 2. The van der Waals surface area contributed by atoms with Crippen molar-refractivity contribution in [2.45, 2.75) is 38.7 Å². The highest BCUT2D eigenvalue weighted by Gasteiger charge is 2.28. The van der Waals surface area contributed by atoms with Crippen LogP contribution in [-0.2, 0) is 5.41 Å². The minimum atomic E-state index is -0.174. The van der Waals surface area contributed by atoms with Gasteiger partial charge >= 0.3 is 0 Å². The summed E-state index contributed by atoms with van der Waals surface area (Å²) < 4.78 is 6.04. The second-order valence-electron chi connectivity index (χ2n) is 6.61. The molecule has 1 heterocycles. The summed E-state index contributed by atoms with van der Waals surface area (Å²) >= 11 is 0. The van der Waals surface area contributed by atoms with Crippen LogP contribution >= 0.6 is 0 Å². The number of hydrogen-bond donors (Lipinski definition) is 0. The van der Waals surface area contributed by atoms with Gasteiger partial charge in [-0.05, 0) is 28.7 Å². The number of fused-ring (bicyclic) bond motifs is 1. The fourth-order valence-corrected chi connectivity index (χ4v) is 2.64. The van der Waals surface area contributed by atoms with E-state index in [1.807, 2.05) is 42.5 Å². The molecule has 1 atom stereocenters. The predicted octanol–water partition coefficient (Wildman–Crippen LogP) is 4.69. The minimum absolute atomic E-state index is 0.0333. The van der Waals surface area contributed by atoms with Crippen molar-refractivity contribution in [2.24, 2.45) is 0 Å². The van der Waals surface area contributed by atoms with E-state index in [2.05, 4.69) is 26.8 Å². The Morgan fingerprint density at radius 3 is 2.43 bits per heavy atom. The molecule has 21 heavy (non-hydrogen) atoms. The first-order valence-corrected chi connectivity index (χ1v) is 7.34. The topological polar surface area (TPSA) is 26.3 Å². The molecule has 2 nitrogen and oxygen atoms in total. The number of carbonyl (C=O) groups is 1. The molecule has 1 aliphatic heterocycles. The highest BCUT2D eigenvalue weighted by molar-refractivity contribution is 6.00. The van der Waals surface area contributed by atoms with Crippen LogP contribution in [0, 0.1) is 0 Å². The number of hydrogen-bond acceptors (Lipinski definition) is 2. The first-order valence-electron chi connectivity index (χ1n) is 7.34. The van der Waals surface area contributed by atoms with Crippen molar-refractivity contribution in [3.05, 3.63) is 65.2 Å². The summed E-state index contributed by atoms with van der Waals surface area (Å²) in [6, 6.07) is 15.9. The Morgan fingerprint density at radius 2 is 1.76 bits per heavy atom. The van der Waals surface area contributed by atoms with Crippen molar-refractivity contribution in [1.82, 2.24) is 0 Å². The Hall–Kier alpha value is -2.09. The Kier molecular flexibility index (Phi) is 3.32. The van der Waals surface area contributed by atoms with Gasteiger partial charge in [0.1, 0.15) is 11.9 Å². The maximum atomic E-state index is 12.5. The van der Waals surface area contributed by atoms with Crippen LogP contribution in [0.1, 0.15) is 54.8 Å². The third-order valence-electron chi connectivity index (χ3n) is 3.96. The number of rotatable bonds is 1. The summed E-state index contributed by atoms with van der Waals surface area (Å²) in [5, 5.41) is 0. The molecule has 0 aliphatic carbocycles. The molecule has 2 aromatic carbocycles. The predicted molar refractivity (Wildman–Crippen MR) is 83.9 cm³/mol. The number of Topliss-reactive ketones (excluding diaryl/α,β-unsaturated/α-hetero) is 1. The molecule has 2 heteroatoms. The van der Waals surface area contributed by atoms with E-state index in [-0.39, 0.29) is 17.3 Å². The van der Waals surface area contributed by atoms with Gasteiger partial charge in [0, 0.05) is 0 Å². The lowest BCUT2D eigenvalue weighted by Gasteiger charge is -2.27. The fourth-order valence-electron chi connectivity index (χ4n) is 2.64. The summed E-state index contributed by atoms with van der Waals surface area (Å²) in [7, 11) is 0.